The molecule has 2 N–H and O–H groups in total. The Kier molecular flexibility index (Phi) is 6.08. The molecular formula is C22H24N4O2S2. The highest BCUT2D eigenvalue weighted by molar-refractivity contribution is 7.99. The van der Waals surface area contributed by atoms with Crippen LogP contribution < -0.4 is 10.9 Å². The van der Waals surface area contributed by atoms with Gasteiger partial charge in [-0.25, -0.2) is 0 Å². The van der Waals surface area contributed by atoms with E-state index in [0.29, 0.717) is 21.2 Å². The van der Waals surface area contributed by atoms with Gasteiger partial charge in [-0.1, -0.05) is 12.1 Å². The van der Waals surface area contributed by atoms with Gasteiger partial charge in [-0.05, 0) is 54.5 Å². The zero-order chi connectivity index (χ0) is 21.3. The molecule has 1 amide bonds. The molecule has 1 aliphatic heterocycles. The fourth-order valence-electron chi connectivity index (χ4n) is 3.62. The number of carbonyl (C=O) groups is 1. The summed E-state index contributed by atoms with van der Waals surface area (Å²) in [4.78, 5) is 30.6. The third kappa shape index (κ3) is 4.35. The van der Waals surface area contributed by atoms with E-state index in [2.05, 4.69) is 27.3 Å². The van der Waals surface area contributed by atoms with Crippen LogP contribution in [0, 0.1) is 11.7 Å². The third-order valence-corrected chi connectivity index (χ3v) is 6.73. The van der Waals surface area contributed by atoms with Crippen molar-refractivity contribution in [2.24, 2.45) is 7.05 Å². The Bertz CT molecular complexity index is 1230. The number of amides is 1. The average molecular weight is 441 g/mol. The second-order valence-corrected chi connectivity index (χ2v) is 9.16. The Morgan fingerprint density at radius 1 is 1.20 bits per heavy atom. The molecule has 2 heterocycles. The van der Waals surface area contributed by atoms with E-state index >= 15 is 0 Å². The summed E-state index contributed by atoms with van der Waals surface area (Å²) < 4.78 is 1.70. The van der Waals surface area contributed by atoms with Crippen LogP contribution in [0.2, 0.25) is 0 Å². The first-order valence-electron chi connectivity index (χ1n) is 9.86. The molecule has 2 aromatic carbocycles. The van der Waals surface area contributed by atoms with Gasteiger partial charge in [0.1, 0.15) is 0 Å². The highest BCUT2D eigenvalue weighted by Crippen LogP contribution is 2.20. The molecule has 4 rings (SSSR count). The van der Waals surface area contributed by atoms with Gasteiger partial charge in [0.05, 0.1) is 10.9 Å². The van der Waals surface area contributed by atoms with Crippen LogP contribution in [-0.2, 0) is 13.6 Å². The Hall–Kier alpha value is -2.42. The Labute approximate surface area is 184 Å². The van der Waals surface area contributed by atoms with Gasteiger partial charge in [-0.15, -0.1) is 0 Å². The summed E-state index contributed by atoms with van der Waals surface area (Å²) in [6, 6.07) is 11.2. The number of thioether (sulfide) groups is 1. The number of fused-ring (bicyclic) bond motifs is 1. The van der Waals surface area contributed by atoms with Gasteiger partial charge in [0, 0.05) is 49.4 Å². The van der Waals surface area contributed by atoms with Crippen molar-refractivity contribution in [2.45, 2.75) is 13.5 Å². The van der Waals surface area contributed by atoms with Crippen LogP contribution in [-0.4, -0.2) is 45.0 Å². The zero-order valence-electron chi connectivity index (χ0n) is 17.0. The smallest absolute Gasteiger partial charge is 0.261 e. The Balaban J connectivity index is 1.52. The predicted molar refractivity (Wildman–Crippen MR) is 126 cm³/mol. The molecule has 0 radical (unpaired) electrons. The standard InChI is InChI=1S/C22H24N4O2S2/c1-14-11-15(13-26-7-9-30-10-8-26)3-6-18(14)23-20(27)16-4-5-17-19(12-16)24-22(29)25(2)21(17)28/h3-6,11-12H,7-10,13H2,1-2H3,(H,23,27)(H,24,29). The minimum absolute atomic E-state index is 0.181. The SMILES string of the molecule is Cc1cc(CN2CCSCC2)ccc1NC(=O)c1ccc2c(=O)n(C)c(=S)[nH]c2c1. The molecule has 0 saturated carbocycles. The summed E-state index contributed by atoms with van der Waals surface area (Å²) in [6.07, 6.45) is 0. The van der Waals surface area contributed by atoms with Crippen molar-refractivity contribution < 1.29 is 4.79 Å². The van der Waals surface area contributed by atoms with E-state index in [9.17, 15) is 9.59 Å². The molecule has 1 aromatic heterocycles. The molecule has 0 aliphatic carbocycles. The van der Waals surface area contributed by atoms with Gasteiger partial charge in [-0.2, -0.15) is 11.8 Å². The van der Waals surface area contributed by atoms with Crippen LogP contribution in [0.25, 0.3) is 10.9 Å². The lowest BCUT2D eigenvalue weighted by Crippen LogP contribution is -2.31. The molecule has 156 valence electrons. The molecule has 1 fully saturated rings. The fourth-order valence-corrected chi connectivity index (χ4v) is 4.80. The number of nitrogens with zero attached hydrogens (tertiary/aromatic N) is 2. The number of aromatic nitrogens is 2. The average Bonchev–Trinajstić information content (AvgIpc) is 2.74. The van der Waals surface area contributed by atoms with Crippen molar-refractivity contribution in [1.29, 1.82) is 0 Å². The molecule has 30 heavy (non-hydrogen) atoms. The van der Waals surface area contributed by atoms with Gasteiger partial charge in [0.2, 0.25) is 0 Å². The van der Waals surface area contributed by atoms with Gasteiger partial charge < -0.3 is 10.3 Å². The predicted octanol–water partition coefficient (Wildman–Crippen LogP) is 3.71. The molecular weight excluding hydrogens is 416 g/mol. The number of aryl methyl sites for hydroxylation is 1. The second kappa shape index (κ2) is 8.75. The summed E-state index contributed by atoms with van der Waals surface area (Å²) >= 11 is 7.18. The number of hydrogen-bond acceptors (Lipinski definition) is 5. The lowest BCUT2D eigenvalue weighted by atomic mass is 10.1. The maximum absolute atomic E-state index is 12.8. The Morgan fingerprint density at radius 2 is 1.97 bits per heavy atom. The first kappa shape index (κ1) is 20.8. The fraction of sp³-hybridized carbons (Fsp3) is 0.318. The van der Waals surface area contributed by atoms with Gasteiger partial charge >= 0.3 is 0 Å². The third-order valence-electron chi connectivity index (χ3n) is 5.41. The first-order chi connectivity index (χ1) is 14.4. The molecule has 3 aromatic rings. The molecule has 1 aliphatic rings. The van der Waals surface area contributed by atoms with Gasteiger partial charge in [-0.3, -0.25) is 19.1 Å². The lowest BCUT2D eigenvalue weighted by Gasteiger charge is -2.26. The molecule has 8 heteroatoms. The maximum Gasteiger partial charge on any atom is 0.261 e. The van der Waals surface area contributed by atoms with Crippen LogP contribution in [0.1, 0.15) is 21.5 Å². The zero-order valence-corrected chi connectivity index (χ0v) is 18.7. The van der Waals surface area contributed by atoms with Crippen LogP contribution in [0.4, 0.5) is 5.69 Å². The molecule has 0 spiro atoms. The largest absolute Gasteiger partial charge is 0.332 e. The van der Waals surface area contributed by atoms with Crippen molar-refractivity contribution in [3.8, 4) is 0 Å². The van der Waals surface area contributed by atoms with Crippen LogP contribution in [0.3, 0.4) is 0 Å². The highest BCUT2D eigenvalue weighted by Gasteiger charge is 2.13. The Morgan fingerprint density at radius 3 is 2.70 bits per heavy atom. The van der Waals surface area contributed by atoms with Gasteiger partial charge in [0.25, 0.3) is 11.5 Å². The van der Waals surface area contributed by atoms with Crippen LogP contribution in [0.5, 0.6) is 0 Å². The normalized spacial score (nSPS) is 14.7. The van der Waals surface area contributed by atoms with Crippen molar-refractivity contribution in [3.05, 3.63) is 68.2 Å². The number of rotatable bonds is 4. The van der Waals surface area contributed by atoms with E-state index in [1.54, 1.807) is 25.2 Å². The van der Waals surface area contributed by atoms with Crippen LogP contribution in [0.15, 0.2) is 41.2 Å². The summed E-state index contributed by atoms with van der Waals surface area (Å²) in [5.41, 5.74) is 3.92. The number of aromatic amines is 1. The van der Waals surface area contributed by atoms with Crippen molar-refractivity contribution in [2.75, 3.05) is 29.9 Å². The maximum atomic E-state index is 12.8. The van der Waals surface area contributed by atoms with E-state index in [0.717, 1.165) is 30.9 Å². The highest BCUT2D eigenvalue weighted by atomic mass is 32.2. The molecule has 1 saturated heterocycles. The summed E-state index contributed by atoms with van der Waals surface area (Å²) in [7, 11) is 1.62. The van der Waals surface area contributed by atoms with Crippen LogP contribution >= 0.6 is 24.0 Å². The second-order valence-electron chi connectivity index (χ2n) is 7.55. The topological polar surface area (TPSA) is 70.1 Å². The summed E-state index contributed by atoms with van der Waals surface area (Å²) in [5, 5.41) is 3.48. The minimum Gasteiger partial charge on any atom is -0.332 e. The number of carbonyl (C=O) groups excluding carboxylic acids is 1. The number of H-pyrrole nitrogens is 1. The first-order valence-corrected chi connectivity index (χ1v) is 11.4. The van der Waals surface area contributed by atoms with Crippen molar-refractivity contribution in [3.63, 3.8) is 0 Å². The quantitative estimate of drug-likeness (QED) is 0.606. The van der Waals surface area contributed by atoms with E-state index in [1.807, 2.05) is 24.8 Å². The van der Waals surface area contributed by atoms with E-state index < -0.39 is 0 Å². The summed E-state index contributed by atoms with van der Waals surface area (Å²) in [6.45, 7) is 5.19. The van der Waals surface area contributed by atoms with E-state index in [4.69, 9.17) is 12.2 Å². The van der Waals surface area contributed by atoms with E-state index in [-0.39, 0.29) is 11.5 Å². The summed E-state index contributed by atoms with van der Waals surface area (Å²) in [5.74, 6) is 2.16. The van der Waals surface area contributed by atoms with E-state index in [1.165, 1.54) is 21.6 Å². The number of benzene rings is 2. The molecule has 0 atom stereocenters. The molecule has 6 nitrogen and oxygen atoms in total. The van der Waals surface area contributed by atoms with Crippen molar-refractivity contribution >= 4 is 46.5 Å². The minimum atomic E-state index is -0.221. The molecule has 0 bridgehead atoms. The number of hydrogen-bond donors (Lipinski definition) is 2. The molecule has 0 unspecified atom stereocenters. The number of nitrogens with one attached hydrogen (secondary N) is 2. The lowest BCUT2D eigenvalue weighted by molar-refractivity contribution is 0.102. The van der Waals surface area contributed by atoms with Crippen molar-refractivity contribution in [1.82, 2.24) is 14.5 Å². The monoisotopic (exact) mass is 440 g/mol. The van der Waals surface area contributed by atoms with Gasteiger partial charge in [0.15, 0.2) is 4.77 Å². The number of anilines is 1.